The van der Waals surface area contributed by atoms with Crippen molar-refractivity contribution in [1.29, 1.82) is 0 Å². The summed E-state index contributed by atoms with van der Waals surface area (Å²) in [6.45, 7) is 5.44. The first-order valence-electron chi connectivity index (χ1n) is 7.41. The summed E-state index contributed by atoms with van der Waals surface area (Å²) in [5.74, 6) is 2.27. The van der Waals surface area contributed by atoms with Crippen molar-refractivity contribution >= 4 is 17.8 Å². The highest BCUT2D eigenvalue weighted by molar-refractivity contribution is 7.99. The van der Waals surface area contributed by atoms with Gasteiger partial charge in [-0.15, -0.1) is 0 Å². The van der Waals surface area contributed by atoms with Gasteiger partial charge in [0.1, 0.15) is 0 Å². The van der Waals surface area contributed by atoms with Crippen molar-refractivity contribution in [2.24, 2.45) is 5.92 Å². The van der Waals surface area contributed by atoms with Gasteiger partial charge in [-0.2, -0.15) is 11.8 Å². The summed E-state index contributed by atoms with van der Waals surface area (Å²) in [5.41, 5.74) is -0.700. The van der Waals surface area contributed by atoms with Gasteiger partial charge in [-0.1, -0.05) is 33.1 Å². The molecule has 1 heterocycles. The molecule has 0 saturated carbocycles. The molecular formula is C14H28N2O2S. The van der Waals surface area contributed by atoms with E-state index in [1.54, 1.807) is 11.8 Å². The van der Waals surface area contributed by atoms with Gasteiger partial charge in [-0.3, -0.25) is 0 Å². The van der Waals surface area contributed by atoms with Crippen LogP contribution in [0, 0.1) is 5.92 Å². The Morgan fingerprint density at radius 2 is 2.21 bits per heavy atom. The second-order valence-electron chi connectivity index (χ2n) is 5.51. The van der Waals surface area contributed by atoms with Gasteiger partial charge >= 0.3 is 6.03 Å². The second kappa shape index (κ2) is 8.69. The van der Waals surface area contributed by atoms with Crippen LogP contribution in [-0.4, -0.2) is 41.3 Å². The van der Waals surface area contributed by atoms with Gasteiger partial charge in [0.05, 0.1) is 5.60 Å². The Kier molecular flexibility index (Phi) is 7.61. The molecule has 5 heteroatoms. The van der Waals surface area contributed by atoms with Crippen LogP contribution in [0.1, 0.15) is 46.0 Å². The van der Waals surface area contributed by atoms with Crippen LogP contribution in [0.4, 0.5) is 4.79 Å². The van der Waals surface area contributed by atoms with Gasteiger partial charge in [0, 0.05) is 18.8 Å². The van der Waals surface area contributed by atoms with Gasteiger partial charge < -0.3 is 15.7 Å². The van der Waals surface area contributed by atoms with Gasteiger partial charge in [-0.25, -0.2) is 4.79 Å². The van der Waals surface area contributed by atoms with Crippen molar-refractivity contribution in [2.45, 2.75) is 51.6 Å². The van der Waals surface area contributed by atoms with Crippen LogP contribution in [0.5, 0.6) is 0 Å². The smallest absolute Gasteiger partial charge is 0.314 e. The van der Waals surface area contributed by atoms with Gasteiger partial charge in [0.15, 0.2) is 0 Å². The third-order valence-corrected chi connectivity index (χ3v) is 4.99. The van der Waals surface area contributed by atoms with E-state index in [2.05, 4.69) is 24.5 Å². The van der Waals surface area contributed by atoms with Gasteiger partial charge in [-0.05, 0) is 24.5 Å². The number of hydrogen-bond acceptors (Lipinski definition) is 3. The van der Waals surface area contributed by atoms with E-state index in [1.165, 1.54) is 19.3 Å². The summed E-state index contributed by atoms with van der Waals surface area (Å²) >= 11 is 1.74. The molecule has 0 spiro atoms. The monoisotopic (exact) mass is 288 g/mol. The van der Waals surface area contributed by atoms with E-state index >= 15 is 0 Å². The lowest BCUT2D eigenvalue weighted by Gasteiger charge is -2.22. The Hall–Kier alpha value is -0.420. The first-order valence-corrected chi connectivity index (χ1v) is 8.57. The molecule has 0 aromatic heterocycles. The van der Waals surface area contributed by atoms with Crippen LogP contribution in [-0.2, 0) is 0 Å². The fourth-order valence-corrected chi connectivity index (χ4v) is 3.52. The molecule has 0 aromatic carbocycles. The minimum absolute atomic E-state index is 0.153. The van der Waals surface area contributed by atoms with Crippen molar-refractivity contribution < 1.29 is 9.90 Å². The summed E-state index contributed by atoms with van der Waals surface area (Å²) in [5, 5.41) is 15.8. The SMILES string of the molecule is CCCCC(CC)CNC(=O)NCC1(O)CCSC1. The molecule has 1 fully saturated rings. The average molecular weight is 288 g/mol. The zero-order chi connectivity index (χ0) is 14.1. The molecular weight excluding hydrogens is 260 g/mol. The predicted octanol–water partition coefficient (Wildman–Crippen LogP) is 2.37. The number of rotatable bonds is 8. The number of thioether (sulfide) groups is 1. The number of hydrogen-bond donors (Lipinski definition) is 3. The van der Waals surface area contributed by atoms with E-state index in [0.717, 1.165) is 30.9 Å². The fourth-order valence-electron chi connectivity index (χ4n) is 2.22. The molecule has 19 heavy (non-hydrogen) atoms. The third-order valence-electron chi connectivity index (χ3n) is 3.76. The highest BCUT2D eigenvalue weighted by Crippen LogP contribution is 2.26. The maximum Gasteiger partial charge on any atom is 0.314 e. The van der Waals surface area contributed by atoms with Crippen LogP contribution in [0.3, 0.4) is 0 Å². The zero-order valence-electron chi connectivity index (χ0n) is 12.2. The molecule has 1 aliphatic heterocycles. The number of amides is 2. The maximum absolute atomic E-state index is 11.7. The Morgan fingerprint density at radius 3 is 2.79 bits per heavy atom. The summed E-state index contributed by atoms with van der Waals surface area (Å²) < 4.78 is 0. The minimum Gasteiger partial charge on any atom is -0.387 e. The molecule has 1 aliphatic rings. The number of aliphatic hydroxyl groups is 1. The third kappa shape index (κ3) is 6.52. The molecule has 3 N–H and O–H groups in total. The number of urea groups is 1. The fraction of sp³-hybridized carbons (Fsp3) is 0.929. The van der Waals surface area contributed by atoms with Crippen molar-refractivity contribution in [3.05, 3.63) is 0 Å². The summed E-state index contributed by atoms with van der Waals surface area (Å²) in [6, 6.07) is -0.153. The lowest BCUT2D eigenvalue weighted by Crippen LogP contribution is -2.47. The maximum atomic E-state index is 11.7. The number of unbranched alkanes of at least 4 members (excludes halogenated alkanes) is 1. The van der Waals surface area contributed by atoms with E-state index in [9.17, 15) is 9.90 Å². The molecule has 2 atom stereocenters. The highest BCUT2D eigenvalue weighted by Gasteiger charge is 2.31. The molecule has 1 saturated heterocycles. The Balaban J connectivity index is 2.16. The van der Waals surface area contributed by atoms with Crippen LogP contribution >= 0.6 is 11.8 Å². The standard InChI is InChI=1S/C14H28N2O2S/c1-3-5-6-12(4-2)9-15-13(17)16-10-14(18)7-8-19-11-14/h12,18H,3-11H2,1-2H3,(H2,15,16,17). The van der Waals surface area contributed by atoms with Gasteiger partial charge in [0.25, 0.3) is 0 Å². The second-order valence-corrected chi connectivity index (χ2v) is 6.61. The van der Waals surface area contributed by atoms with Crippen molar-refractivity contribution in [1.82, 2.24) is 10.6 Å². The molecule has 0 aliphatic carbocycles. The Morgan fingerprint density at radius 1 is 1.42 bits per heavy atom. The largest absolute Gasteiger partial charge is 0.387 e. The van der Waals surface area contributed by atoms with E-state index < -0.39 is 5.60 Å². The summed E-state index contributed by atoms with van der Waals surface area (Å²) in [4.78, 5) is 11.7. The zero-order valence-corrected chi connectivity index (χ0v) is 13.0. The quantitative estimate of drug-likeness (QED) is 0.642. The molecule has 0 aromatic rings. The normalized spacial score (nSPS) is 24.2. The van der Waals surface area contributed by atoms with E-state index in [-0.39, 0.29) is 6.03 Å². The van der Waals surface area contributed by atoms with Crippen molar-refractivity contribution in [3.63, 3.8) is 0 Å². The average Bonchev–Trinajstić information content (AvgIpc) is 2.84. The molecule has 2 amide bonds. The summed E-state index contributed by atoms with van der Waals surface area (Å²) in [6.07, 6.45) is 5.47. The lowest BCUT2D eigenvalue weighted by molar-refractivity contribution is 0.0699. The van der Waals surface area contributed by atoms with Gasteiger partial charge in [0.2, 0.25) is 0 Å². The number of nitrogens with one attached hydrogen (secondary N) is 2. The first kappa shape index (κ1) is 16.6. The lowest BCUT2D eigenvalue weighted by atomic mass is 9.99. The minimum atomic E-state index is -0.700. The molecule has 2 unspecified atom stereocenters. The Labute approximate surface area is 121 Å². The Bertz CT molecular complexity index is 268. The van der Waals surface area contributed by atoms with Crippen molar-refractivity contribution in [2.75, 3.05) is 24.6 Å². The van der Waals surface area contributed by atoms with E-state index in [4.69, 9.17) is 0 Å². The van der Waals surface area contributed by atoms with Crippen molar-refractivity contribution in [3.8, 4) is 0 Å². The molecule has 0 radical (unpaired) electrons. The van der Waals surface area contributed by atoms with E-state index in [0.29, 0.717) is 12.5 Å². The topological polar surface area (TPSA) is 61.4 Å². The van der Waals surface area contributed by atoms with Crippen LogP contribution in [0.2, 0.25) is 0 Å². The number of carbonyl (C=O) groups is 1. The molecule has 4 nitrogen and oxygen atoms in total. The summed E-state index contributed by atoms with van der Waals surface area (Å²) in [7, 11) is 0. The molecule has 1 rings (SSSR count). The highest BCUT2D eigenvalue weighted by atomic mass is 32.2. The molecule has 0 bridgehead atoms. The van der Waals surface area contributed by atoms with Crippen LogP contribution < -0.4 is 10.6 Å². The first-order chi connectivity index (χ1) is 9.09. The van der Waals surface area contributed by atoms with Crippen LogP contribution in [0.15, 0.2) is 0 Å². The molecule has 112 valence electrons. The predicted molar refractivity (Wildman–Crippen MR) is 81.6 cm³/mol. The van der Waals surface area contributed by atoms with E-state index in [1.807, 2.05) is 0 Å². The van der Waals surface area contributed by atoms with Crippen LogP contribution in [0.25, 0.3) is 0 Å². The number of carbonyl (C=O) groups excluding carboxylic acids is 1.